The first-order valence-electron chi connectivity index (χ1n) is 5.07. The van der Waals surface area contributed by atoms with Crippen molar-refractivity contribution < 1.29 is 14.8 Å². The largest absolute Gasteiger partial charge is 0.480 e. The maximum atomic E-state index is 10.8. The summed E-state index contributed by atoms with van der Waals surface area (Å²) in [6.07, 6.45) is 0.308. The van der Waals surface area contributed by atoms with Gasteiger partial charge in [-0.05, 0) is 19.4 Å². The van der Waals surface area contributed by atoms with Crippen molar-refractivity contribution in [1.29, 1.82) is 0 Å². The van der Waals surface area contributed by atoms with Gasteiger partial charge in [-0.3, -0.25) is 10.1 Å². The maximum Gasteiger partial charge on any atom is 0.326 e. The van der Waals surface area contributed by atoms with E-state index in [-0.39, 0.29) is 11.5 Å². The summed E-state index contributed by atoms with van der Waals surface area (Å²) in [6.45, 7) is 3.35. The molecule has 0 aliphatic heterocycles. The van der Waals surface area contributed by atoms with Gasteiger partial charge < -0.3 is 10.4 Å². The summed E-state index contributed by atoms with van der Waals surface area (Å²) in [5, 5.41) is 22.2. The zero-order valence-electron chi connectivity index (χ0n) is 9.51. The third-order valence-corrected chi connectivity index (χ3v) is 2.23. The predicted octanol–water partition coefficient (Wildman–Crippen LogP) is 1.57. The second-order valence-corrected chi connectivity index (χ2v) is 3.52. The molecule has 0 amide bonds. The number of aryl methyl sites for hydroxylation is 1. The Kier molecular flexibility index (Phi) is 3.97. The van der Waals surface area contributed by atoms with Gasteiger partial charge in [0.2, 0.25) is 5.82 Å². The van der Waals surface area contributed by atoms with Crippen molar-refractivity contribution in [3.05, 3.63) is 27.9 Å². The van der Waals surface area contributed by atoms with E-state index in [1.165, 1.54) is 12.1 Å². The van der Waals surface area contributed by atoms with Crippen molar-refractivity contribution in [3.63, 3.8) is 0 Å². The zero-order valence-corrected chi connectivity index (χ0v) is 9.51. The van der Waals surface area contributed by atoms with Gasteiger partial charge in [0, 0.05) is 11.8 Å². The molecule has 0 fully saturated rings. The summed E-state index contributed by atoms with van der Waals surface area (Å²) in [6, 6.07) is 1.92. The van der Waals surface area contributed by atoms with Crippen molar-refractivity contribution in [2.45, 2.75) is 26.3 Å². The third kappa shape index (κ3) is 3.13. The first kappa shape index (κ1) is 12.9. The molecule has 1 aromatic rings. The Labute approximate surface area is 97.6 Å². The number of rotatable bonds is 5. The zero-order chi connectivity index (χ0) is 13.0. The molecule has 7 nitrogen and oxygen atoms in total. The molecule has 0 saturated carbocycles. The number of nitrogens with one attached hydrogen (secondary N) is 1. The van der Waals surface area contributed by atoms with E-state index in [1.807, 2.05) is 0 Å². The lowest BCUT2D eigenvalue weighted by atomic mass is 10.2. The van der Waals surface area contributed by atoms with E-state index < -0.39 is 16.9 Å². The minimum atomic E-state index is -1.06. The van der Waals surface area contributed by atoms with E-state index in [0.29, 0.717) is 12.1 Å². The highest BCUT2D eigenvalue weighted by Gasteiger charge is 2.21. The van der Waals surface area contributed by atoms with Gasteiger partial charge in [-0.1, -0.05) is 6.92 Å². The molecule has 0 saturated heterocycles. The third-order valence-electron chi connectivity index (χ3n) is 2.23. The van der Waals surface area contributed by atoms with Crippen molar-refractivity contribution in [2.75, 3.05) is 5.32 Å². The van der Waals surface area contributed by atoms with Crippen LogP contribution in [0.3, 0.4) is 0 Å². The van der Waals surface area contributed by atoms with Crippen LogP contribution in [-0.2, 0) is 4.79 Å². The number of carboxylic acids is 1. The van der Waals surface area contributed by atoms with E-state index in [1.54, 1.807) is 13.8 Å². The average molecular weight is 239 g/mol. The summed E-state index contributed by atoms with van der Waals surface area (Å²) in [5.74, 6) is -1.07. The van der Waals surface area contributed by atoms with Gasteiger partial charge in [0.15, 0.2) is 0 Å². The van der Waals surface area contributed by atoms with Crippen LogP contribution in [0.5, 0.6) is 0 Å². The Morgan fingerprint density at radius 2 is 2.29 bits per heavy atom. The fraction of sp³-hybridized carbons (Fsp3) is 0.400. The highest BCUT2D eigenvalue weighted by molar-refractivity contribution is 5.78. The first-order chi connectivity index (χ1) is 7.95. The molecule has 0 radical (unpaired) electrons. The van der Waals surface area contributed by atoms with Crippen molar-refractivity contribution in [1.82, 2.24) is 4.98 Å². The number of anilines is 1. The lowest BCUT2D eigenvalue weighted by Gasteiger charge is -2.13. The average Bonchev–Trinajstić information content (AvgIpc) is 2.25. The molecule has 1 rings (SSSR count). The predicted molar refractivity (Wildman–Crippen MR) is 61.0 cm³/mol. The molecule has 1 aromatic heterocycles. The molecular formula is C10H13N3O4. The highest BCUT2D eigenvalue weighted by Crippen LogP contribution is 2.23. The van der Waals surface area contributed by atoms with Crippen LogP contribution in [0.4, 0.5) is 11.5 Å². The Bertz CT molecular complexity index is 447. The second-order valence-electron chi connectivity index (χ2n) is 3.52. The summed E-state index contributed by atoms with van der Waals surface area (Å²) >= 11 is 0. The van der Waals surface area contributed by atoms with Crippen LogP contribution in [0.15, 0.2) is 12.1 Å². The normalized spacial score (nSPS) is 11.9. The summed E-state index contributed by atoms with van der Waals surface area (Å²) in [4.78, 5) is 24.9. The Morgan fingerprint density at radius 3 is 2.76 bits per heavy atom. The van der Waals surface area contributed by atoms with E-state index in [0.717, 1.165) is 0 Å². The van der Waals surface area contributed by atoms with Gasteiger partial charge in [-0.2, -0.15) is 0 Å². The van der Waals surface area contributed by atoms with Crippen molar-refractivity contribution in [2.24, 2.45) is 0 Å². The Balaban J connectivity index is 3.07. The topological polar surface area (TPSA) is 105 Å². The number of pyridine rings is 1. The lowest BCUT2D eigenvalue weighted by Crippen LogP contribution is -2.29. The quantitative estimate of drug-likeness (QED) is 0.596. The number of carbonyl (C=O) groups is 1. The van der Waals surface area contributed by atoms with Gasteiger partial charge in [-0.15, -0.1) is 0 Å². The number of hydrogen-bond donors (Lipinski definition) is 2. The van der Waals surface area contributed by atoms with Crippen LogP contribution >= 0.6 is 0 Å². The summed E-state index contributed by atoms with van der Waals surface area (Å²) < 4.78 is 0. The van der Waals surface area contributed by atoms with Crippen LogP contribution in [0.2, 0.25) is 0 Å². The summed E-state index contributed by atoms with van der Waals surface area (Å²) in [7, 11) is 0. The molecule has 0 aromatic carbocycles. The number of aliphatic carboxylic acids is 1. The molecule has 0 aliphatic carbocycles. The van der Waals surface area contributed by atoms with E-state index in [4.69, 9.17) is 5.11 Å². The molecule has 1 heterocycles. The van der Waals surface area contributed by atoms with Gasteiger partial charge in [0.1, 0.15) is 6.04 Å². The minimum absolute atomic E-state index is 0.00995. The standard InChI is InChI=1S/C10H13N3O4/c1-3-7(10(14)15)12-9-8(13(16)17)5-4-6(2)11-9/h4-5,7H,3H2,1-2H3,(H,11,12)(H,14,15). The maximum absolute atomic E-state index is 10.8. The van der Waals surface area contributed by atoms with Crippen LogP contribution in [0, 0.1) is 17.0 Å². The molecule has 1 atom stereocenters. The monoisotopic (exact) mass is 239 g/mol. The van der Waals surface area contributed by atoms with Gasteiger partial charge in [0.05, 0.1) is 4.92 Å². The van der Waals surface area contributed by atoms with Gasteiger partial charge >= 0.3 is 11.7 Å². The number of nitrogens with zero attached hydrogens (tertiary/aromatic N) is 2. The van der Waals surface area contributed by atoms with Crippen LogP contribution in [0.25, 0.3) is 0 Å². The van der Waals surface area contributed by atoms with E-state index in [2.05, 4.69) is 10.3 Å². The Morgan fingerprint density at radius 1 is 1.65 bits per heavy atom. The molecule has 17 heavy (non-hydrogen) atoms. The van der Waals surface area contributed by atoms with Crippen LogP contribution in [-0.4, -0.2) is 27.0 Å². The smallest absolute Gasteiger partial charge is 0.326 e. The SMILES string of the molecule is CCC(Nc1nc(C)ccc1[N+](=O)[O-])C(=O)O. The van der Waals surface area contributed by atoms with Crippen LogP contribution in [0.1, 0.15) is 19.0 Å². The lowest BCUT2D eigenvalue weighted by molar-refractivity contribution is -0.384. The van der Waals surface area contributed by atoms with Gasteiger partial charge in [0.25, 0.3) is 0 Å². The Hall–Kier alpha value is -2.18. The second kappa shape index (κ2) is 5.24. The van der Waals surface area contributed by atoms with E-state index in [9.17, 15) is 14.9 Å². The summed E-state index contributed by atoms with van der Waals surface area (Å²) in [5.41, 5.74) is 0.355. The molecule has 7 heteroatoms. The fourth-order valence-corrected chi connectivity index (χ4v) is 1.31. The number of hydrogen-bond acceptors (Lipinski definition) is 5. The number of nitro groups is 1. The highest BCUT2D eigenvalue weighted by atomic mass is 16.6. The molecule has 0 bridgehead atoms. The van der Waals surface area contributed by atoms with Crippen molar-refractivity contribution in [3.8, 4) is 0 Å². The first-order valence-corrected chi connectivity index (χ1v) is 5.07. The molecule has 2 N–H and O–H groups in total. The number of carboxylic acid groups (broad SMARTS) is 1. The van der Waals surface area contributed by atoms with Crippen molar-refractivity contribution >= 4 is 17.5 Å². The fourth-order valence-electron chi connectivity index (χ4n) is 1.31. The van der Waals surface area contributed by atoms with E-state index >= 15 is 0 Å². The molecule has 0 spiro atoms. The molecule has 0 aliphatic rings. The molecule has 92 valence electrons. The van der Waals surface area contributed by atoms with Gasteiger partial charge in [-0.25, -0.2) is 9.78 Å². The molecule has 1 unspecified atom stereocenters. The minimum Gasteiger partial charge on any atom is -0.480 e. The molecular weight excluding hydrogens is 226 g/mol. The van der Waals surface area contributed by atoms with Crippen LogP contribution < -0.4 is 5.32 Å². The number of aromatic nitrogens is 1.